The van der Waals surface area contributed by atoms with Crippen LogP contribution in [0.2, 0.25) is 0 Å². The first kappa shape index (κ1) is 35.1. The first-order chi connectivity index (χ1) is 25.7. The average Bonchev–Trinajstić information content (AvgIpc) is 3.72. The van der Waals surface area contributed by atoms with E-state index in [0.717, 1.165) is 98.8 Å². The summed E-state index contributed by atoms with van der Waals surface area (Å²) in [5.41, 5.74) is 11.8. The van der Waals surface area contributed by atoms with Gasteiger partial charge < -0.3 is 25.2 Å². The van der Waals surface area contributed by atoms with Gasteiger partial charge in [0.05, 0.1) is 35.8 Å². The molecule has 0 bridgehead atoms. The van der Waals surface area contributed by atoms with Gasteiger partial charge in [0, 0.05) is 74.8 Å². The molecule has 53 heavy (non-hydrogen) atoms. The Labute approximate surface area is 310 Å². The van der Waals surface area contributed by atoms with Gasteiger partial charge in [-0.05, 0) is 94.5 Å². The first-order valence-corrected chi connectivity index (χ1v) is 19.2. The van der Waals surface area contributed by atoms with E-state index in [1.807, 2.05) is 42.3 Å². The number of rotatable bonds is 8. The van der Waals surface area contributed by atoms with Crippen LogP contribution in [0.3, 0.4) is 0 Å². The van der Waals surface area contributed by atoms with Gasteiger partial charge in [-0.15, -0.1) is 0 Å². The maximum absolute atomic E-state index is 13.9. The van der Waals surface area contributed by atoms with Crippen LogP contribution in [0.15, 0.2) is 42.7 Å². The Morgan fingerprint density at radius 2 is 1.62 bits per heavy atom. The van der Waals surface area contributed by atoms with Crippen LogP contribution < -0.4 is 25.6 Å². The van der Waals surface area contributed by atoms with Gasteiger partial charge in [0.1, 0.15) is 11.8 Å². The Kier molecular flexibility index (Phi) is 9.61. The van der Waals surface area contributed by atoms with Crippen LogP contribution in [0.1, 0.15) is 78.5 Å². The van der Waals surface area contributed by atoms with Gasteiger partial charge in [0.2, 0.25) is 11.8 Å². The summed E-state index contributed by atoms with van der Waals surface area (Å²) < 4.78 is 7.43. The molecule has 6 heterocycles. The molecule has 280 valence electrons. The van der Waals surface area contributed by atoms with Crippen molar-refractivity contribution in [1.29, 1.82) is 0 Å². The second-order valence-corrected chi connectivity index (χ2v) is 15.5. The molecule has 4 saturated heterocycles. The number of ether oxygens (including phenoxy) is 1. The summed E-state index contributed by atoms with van der Waals surface area (Å²) in [7, 11) is 3.59. The molecular formula is C40H50N8O5. The molecule has 3 aromatic rings. The maximum Gasteiger partial charge on any atom is 0.264 e. The number of benzene rings is 2. The van der Waals surface area contributed by atoms with Gasteiger partial charge >= 0.3 is 0 Å². The van der Waals surface area contributed by atoms with Gasteiger partial charge in [-0.2, -0.15) is 5.10 Å². The molecular weight excluding hydrogens is 672 g/mol. The molecule has 4 fully saturated rings. The number of carbonyl (C=O) groups is 4. The number of piperidine rings is 4. The van der Waals surface area contributed by atoms with Gasteiger partial charge in [-0.25, -0.2) is 0 Å². The zero-order valence-electron chi connectivity index (χ0n) is 30.8. The lowest BCUT2D eigenvalue weighted by Gasteiger charge is -2.44. The molecule has 8 rings (SSSR count). The Morgan fingerprint density at radius 3 is 2.32 bits per heavy atom. The number of nitrogens with one attached hydrogen (secondary N) is 1. The fraction of sp³-hybridized carbons (Fsp3) is 0.525. The Bertz CT molecular complexity index is 1910. The standard InChI is InChI=1S/C40H50N8O5/c1-44-23-27(22-42-44)30-20-31(41)35(53-2)21-34(30)46-18-13-26(14-19-46)25-11-16-45(17-12-25)24-28-6-3-4-15-47(28)32-8-5-7-29-37(32)40(52)48(39(29)51)33-9-10-36(49)43-38(33)50/h5,7-8,20-23,25-26,28,33H,3-4,6,9-19,24,41H2,1-2H3,(H,43,49,50). The molecule has 5 aliphatic rings. The van der Waals surface area contributed by atoms with Crippen LogP contribution >= 0.6 is 0 Å². The van der Waals surface area contributed by atoms with Gasteiger partial charge in [0.15, 0.2) is 0 Å². The summed E-state index contributed by atoms with van der Waals surface area (Å²) in [4.78, 5) is 60.4. The largest absolute Gasteiger partial charge is 0.495 e. The number of likely N-dealkylation sites (tertiary alicyclic amines) is 1. The van der Waals surface area contributed by atoms with Crippen molar-refractivity contribution >= 4 is 40.7 Å². The highest BCUT2D eigenvalue weighted by Gasteiger charge is 2.46. The third-order valence-electron chi connectivity index (χ3n) is 12.4. The van der Waals surface area contributed by atoms with E-state index in [1.165, 1.54) is 12.8 Å². The number of hydrogen-bond acceptors (Lipinski definition) is 10. The lowest BCUT2D eigenvalue weighted by molar-refractivity contribution is -0.136. The molecule has 0 aliphatic carbocycles. The SMILES string of the molecule is COc1cc(N2CCC(C3CCN(CC4CCCCN4c4cccc5c4C(=O)N(C4CCC(=O)NC4=O)C5=O)CC3)CC2)c(-c2cnn(C)c2)cc1N. The summed E-state index contributed by atoms with van der Waals surface area (Å²) in [5, 5.41) is 6.70. The van der Waals surface area contributed by atoms with Crippen molar-refractivity contribution in [2.24, 2.45) is 18.9 Å². The number of nitrogen functional groups attached to an aromatic ring is 1. The van der Waals surface area contributed by atoms with Crippen molar-refractivity contribution in [2.75, 3.05) is 61.9 Å². The number of carbonyl (C=O) groups excluding carboxylic acids is 4. The number of nitrogens with zero attached hydrogens (tertiary/aromatic N) is 6. The minimum absolute atomic E-state index is 0.105. The highest BCUT2D eigenvalue weighted by atomic mass is 16.5. The molecule has 0 radical (unpaired) electrons. The summed E-state index contributed by atoms with van der Waals surface area (Å²) in [6.45, 7) is 5.84. The van der Waals surface area contributed by atoms with Gasteiger partial charge in [0.25, 0.3) is 11.8 Å². The smallest absolute Gasteiger partial charge is 0.264 e. The van der Waals surface area contributed by atoms with Gasteiger partial charge in [-0.3, -0.25) is 34.1 Å². The molecule has 2 aromatic carbocycles. The van der Waals surface area contributed by atoms with Crippen LogP contribution in [-0.4, -0.2) is 102 Å². The number of fused-ring (bicyclic) bond motifs is 1. The van der Waals surface area contributed by atoms with Crippen LogP contribution in [0.4, 0.5) is 17.1 Å². The van der Waals surface area contributed by atoms with Crippen molar-refractivity contribution in [3.05, 3.63) is 53.9 Å². The summed E-state index contributed by atoms with van der Waals surface area (Å²) in [6, 6.07) is 8.84. The number of amides is 4. The first-order valence-electron chi connectivity index (χ1n) is 19.2. The van der Waals surface area contributed by atoms with Crippen LogP contribution in [0.25, 0.3) is 11.1 Å². The summed E-state index contributed by atoms with van der Waals surface area (Å²) in [6.07, 6.45) is 12.0. The molecule has 13 nitrogen and oxygen atoms in total. The molecule has 5 aliphatic heterocycles. The van der Waals surface area contributed by atoms with Crippen molar-refractivity contribution in [3.8, 4) is 16.9 Å². The lowest BCUT2D eigenvalue weighted by Crippen LogP contribution is -2.54. The molecule has 0 saturated carbocycles. The number of aryl methyl sites for hydroxylation is 1. The normalized spacial score (nSPS) is 23.5. The van der Waals surface area contributed by atoms with E-state index in [9.17, 15) is 19.2 Å². The zero-order valence-corrected chi connectivity index (χ0v) is 30.8. The number of imide groups is 2. The minimum atomic E-state index is -0.968. The topological polar surface area (TPSA) is 146 Å². The lowest BCUT2D eigenvalue weighted by atomic mass is 9.78. The van der Waals surface area contributed by atoms with E-state index in [1.54, 1.807) is 13.2 Å². The fourth-order valence-electron chi connectivity index (χ4n) is 9.58. The van der Waals surface area contributed by atoms with Crippen LogP contribution in [0.5, 0.6) is 5.75 Å². The predicted molar refractivity (Wildman–Crippen MR) is 202 cm³/mol. The number of anilines is 3. The van der Waals surface area contributed by atoms with E-state index in [0.29, 0.717) is 34.4 Å². The zero-order chi connectivity index (χ0) is 36.8. The molecule has 0 spiro atoms. The Morgan fingerprint density at radius 1 is 0.868 bits per heavy atom. The molecule has 2 atom stereocenters. The van der Waals surface area contributed by atoms with Crippen molar-refractivity contribution in [2.45, 2.75) is 69.9 Å². The minimum Gasteiger partial charge on any atom is -0.495 e. The monoisotopic (exact) mass is 722 g/mol. The van der Waals surface area contributed by atoms with Crippen LogP contribution in [0, 0.1) is 11.8 Å². The van der Waals surface area contributed by atoms with E-state index >= 15 is 0 Å². The quantitative estimate of drug-likeness (QED) is 0.258. The maximum atomic E-state index is 13.9. The second kappa shape index (κ2) is 14.5. The third-order valence-corrected chi connectivity index (χ3v) is 12.4. The van der Waals surface area contributed by atoms with Crippen molar-refractivity contribution in [1.82, 2.24) is 24.9 Å². The van der Waals surface area contributed by atoms with E-state index in [2.05, 4.69) is 31.2 Å². The number of hydrogen-bond donors (Lipinski definition) is 2. The molecule has 1 aromatic heterocycles. The highest BCUT2D eigenvalue weighted by Crippen LogP contribution is 2.42. The molecule has 2 unspecified atom stereocenters. The van der Waals surface area contributed by atoms with E-state index < -0.39 is 23.8 Å². The van der Waals surface area contributed by atoms with Crippen LogP contribution in [-0.2, 0) is 16.6 Å². The van der Waals surface area contributed by atoms with Crippen molar-refractivity contribution in [3.63, 3.8) is 0 Å². The predicted octanol–water partition coefficient (Wildman–Crippen LogP) is 4.07. The molecule has 4 amide bonds. The highest BCUT2D eigenvalue weighted by molar-refractivity contribution is 6.25. The second-order valence-electron chi connectivity index (χ2n) is 15.5. The summed E-state index contributed by atoms with van der Waals surface area (Å²) >= 11 is 0. The number of nitrogens with two attached hydrogens (primary N) is 1. The van der Waals surface area contributed by atoms with E-state index in [-0.39, 0.29) is 24.8 Å². The number of aromatic nitrogens is 2. The fourth-order valence-corrected chi connectivity index (χ4v) is 9.58. The van der Waals surface area contributed by atoms with Crippen molar-refractivity contribution < 1.29 is 23.9 Å². The Balaban J connectivity index is 0.899. The summed E-state index contributed by atoms with van der Waals surface area (Å²) in [5.74, 6) is 0.249. The average molecular weight is 723 g/mol. The Hall–Kier alpha value is -4.91. The number of methoxy groups -OCH3 is 1. The van der Waals surface area contributed by atoms with E-state index in [4.69, 9.17) is 10.5 Å². The molecule has 13 heteroatoms. The third kappa shape index (κ3) is 6.64. The van der Waals surface area contributed by atoms with Gasteiger partial charge in [-0.1, -0.05) is 6.07 Å². The molecule has 3 N–H and O–H groups in total.